The minimum Gasteiger partial charge on any atom is -0.379 e. The van der Waals surface area contributed by atoms with E-state index in [1.807, 2.05) is 29.6 Å². The van der Waals surface area contributed by atoms with Crippen LogP contribution in [0, 0.1) is 0 Å². The van der Waals surface area contributed by atoms with E-state index in [4.69, 9.17) is 9.47 Å². The van der Waals surface area contributed by atoms with Crippen molar-refractivity contribution in [3.8, 4) is 0 Å². The van der Waals surface area contributed by atoms with Gasteiger partial charge in [-0.05, 0) is 66.3 Å². The molecule has 0 aliphatic carbocycles. The molecule has 4 N–H and O–H groups in total. The molecule has 2 saturated heterocycles. The molecule has 0 unspecified atom stereocenters. The van der Waals surface area contributed by atoms with Gasteiger partial charge < -0.3 is 30.7 Å². The molecule has 47 heavy (non-hydrogen) atoms. The summed E-state index contributed by atoms with van der Waals surface area (Å²) in [7, 11) is 0. The molecule has 0 radical (unpaired) electrons. The predicted molar refractivity (Wildman–Crippen MR) is 183 cm³/mol. The Labute approximate surface area is 279 Å². The van der Waals surface area contributed by atoms with Crippen LogP contribution in [-0.2, 0) is 19.1 Å². The van der Waals surface area contributed by atoms with E-state index in [1.165, 1.54) is 11.3 Å². The van der Waals surface area contributed by atoms with Crippen LogP contribution in [0.4, 0.5) is 0 Å². The Hall–Kier alpha value is -3.62. The summed E-state index contributed by atoms with van der Waals surface area (Å²) in [6.07, 6.45) is 2.17. The number of hydrogen-bond donors (Lipinski definition) is 4. The topological polar surface area (TPSA) is 141 Å². The normalized spacial score (nSPS) is 15.8. The third-order valence-corrected chi connectivity index (χ3v) is 9.44. The highest BCUT2D eigenvalue weighted by Gasteiger charge is 2.17. The number of fused-ring (bicyclic) bond motifs is 3. The maximum atomic E-state index is 13.2. The van der Waals surface area contributed by atoms with Crippen LogP contribution in [0.25, 0.3) is 20.9 Å². The van der Waals surface area contributed by atoms with Crippen molar-refractivity contribution in [1.82, 2.24) is 31.1 Å². The number of amides is 4. The average molecular weight is 667 g/mol. The highest BCUT2D eigenvalue weighted by atomic mass is 32.1. The average Bonchev–Trinajstić information content (AvgIpc) is 3.59. The lowest BCUT2D eigenvalue weighted by molar-refractivity contribution is -0.121. The summed E-state index contributed by atoms with van der Waals surface area (Å²) in [6.45, 7) is 10.3. The van der Waals surface area contributed by atoms with Gasteiger partial charge in [0, 0.05) is 80.8 Å². The highest BCUT2D eigenvalue weighted by molar-refractivity contribution is 7.17. The van der Waals surface area contributed by atoms with Gasteiger partial charge in [0.25, 0.3) is 11.8 Å². The van der Waals surface area contributed by atoms with Gasteiger partial charge in [0.15, 0.2) is 0 Å². The van der Waals surface area contributed by atoms with Gasteiger partial charge in [-0.2, -0.15) is 0 Å². The lowest BCUT2D eigenvalue weighted by atomic mass is 10.00. The molecule has 0 saturated carbocycles. The summed E-state index contributed by atoms with van der Waals surface area (Å²) in [4.78, 5) is 55.3. The highest BCUT2D eigenvalue weighted by Crippen LogP contribution is 2.33. The quantitative estimate of drug-likeness (QED) is 0.170. The van der Waals surface area contributed by atoms with E-state index in [9.17, 15) is 19.2 Å². The van der Waals surface area contributed by atoms with E-state index in [-0.39, 0.29) is 49.6 Å². The van der Waals surface area contributed by atoms with Crippen molar-refractivity contribution < 1.29 is 28.7 Å². The summed E-state index contributed by atoms with van der Waals surface area (Å²) in [6, 6.07) is 9.18. The summed E-state index contributed by atoms with van der Waals surface area (Å²) in [5.41, 5.74) is 1.03. The zero-order valence-electron chi connectivity index (χ0n) is 26.9. The molecule has 3 aromatic rings. The fourth-order valence-corrected chi connectivity index (χ4v) is 6.76. The third kappa shape index (κ3) is 10.4. The van der Waals surface area contributed by atoms with Gasteiger partial charge in [0.2, 0.25) is 11.8 Å². The minimum atomic E-state index is -0.253. The molecule has 0 spiro atoms. The van der Waals surface area contributed by atoms with Gasteiger partial charge in [-0.1, -0.05) is 6.07 Å². The number of morpholine rings is 2. The monoisotopic (exact) mass is 666 g/mol. The van der Waals surface area contributed by atoms with Crippen molar-refractivity contribution in [2.75, 3.05) is 91.9 Å². The maximum Gasteiger partial charge on any atom is 0.252 e. The van der Waals surface area contributed by atoms with E-state index < -0.39 is 0 Å². The number of ether oxygens (including phenoxy) is 2. The maximum absolute atomic E-state index is 13.2. The zero-order valence-corrected chi connectivity index (χ0v) is 27.8. The molecule has 1 aromatic heterocycles. The van der Waals surface area contributed by atoms with E-state index in [0.29, 0.717) is 24.2 Å². The van der Waals surface area contributed by atoms with Crippen LogP contribution in [0.15, 0.2) is 35.7 Å². The van der Waals surface area contributed by atoms with Crippen LogP contribution >= 0.6 is 11.3 Å². The van der Waals surface area contributed by atoms with Crippen LogP contribution in [-0.4, -0.2) is 125 Å². The molecule has 5 rings (SSSR count). The Balaban J connectivity index is 1.05. The molecule has 2 aromatic carbocycles. The zero-order chi connectivity index (χ0) is 32.8. The lowest BCUT2D eigenvalue weighted by Gasteiger charge is -2.26. The lowest BCUT2D eigenvalue weighted by Crippen LogP contribution is -2.38. The van der Waals surface area contributed by atoms with Gasteiger partial charge in [0.1, 0.15) is 0 Å². The van der Waals surface area contributed by atoms with Crippen molar-refractivity contribution >= 4 is 55.8 Å². The van der Waals surface area contributed by atoms with E-state index in [0.717, 1.165) is 99.4 Å². The number of carbonyl (C=O) groups is 4. The fraction of sp³-hybridized carbons (Fsp3) is 0.529. The Morgan fingerprint density at radius 3 is 1.83 bits per heavy atom. The van der Waals surface area contributed by atoms with Gasteiger partial charge in [-0.3, -0.25) is 29.0 Å². The first-order valence-corrected chi connectivity index (χ1v) is 17.5. The second-order valence-corrected chi connectivity index (χ2v) is 12.8. The SMILES string of the molecule is O=C(CCNC(=O)c1ccc2cc(C(=O)NCCC(=O)NCCCN3CCOCC3)c3sccc3c2c1)NCCCN1CCOCC1. The number of hydrogen-bond acceptors (Lipinski definition) is 9. The van der Waals surface area contributed by atoms with Crippen LogP contribution in [0.3, 0.4) is 0 Å². The van der Waals surface area contributed by atoms with Gasteiger partial charge >= 0.3 is 0 Å². The van der Waals surface area contributed by atoms with E-state index in [1.54, 1.807) is 6.07 Å². The number of benzene rings is 2. The number of nitrogens with one attached hydrogen (secondary N) is 4. The first-order chi connectivity index (χ1) is 23.0. The van der Waals surface area contributed by atoms with Crippen molar-refractivity contribution in [3.63, 3.8) is 0 Å². The van der Waals surface area contributed by atoms with Gasteiger partial charge in [0.05, 0.1) is 32.0 Å². The number of rotatable bonds is 16. The summed E-state index contributed by atoms with van der Waals surface area (Å²) >= 11 is 1.46. The van der Waals surface area contributed by atoms with Gasteiger partial charge in [-0.15, -0.1) is 11.3 Å². The Kier molecular flexibility index (Phi) is 13.3. The molecule has 3 heterocycles. The van der Waals surface area contributed by atoms with E-state index >= 15 is 0 Å². The standard InChI is InChI=1S/C34H46N6O6S/c41-30(35-8-1-12-39-14-18-45-19-15-39)5-10-37-33(43)26-4-3-25-23-29(32-27(7-22-47-32)28(25)24-26)34(44)38-11-6-31(42)36-9-2-13-40-16-20-46-21-17-40/h3-4,7,22-24H,1-2,5-6,8-21H2,(H,35,41)(H,36,42)(H,37,43)(H,38,44). The van der Waals surface area contributed by atoms with Crippen LogP contribution in [0.5, 0.6) is 0 Å². The number of thiophene rings is 1. The van der Waals surface area contributed by atoms with Crippen molar-refractivity contribution in [2.24, 2.45) is 0 Å². The summed E-state index contributed by atoms with van der Waals surface area (Å²) in [5, 5.41) is 16.1. The Morgan fingerprint density at radius 1 is 0.660 bits per heavy atom. The largest absolute Gasteiger partial charge is 0.379 e. The third-order valence-electron chi connectivity index (χ3n) is 8.49. The molecule has 2 aliphatic rings. The molecule has 0 bridgehead atoms. The van der Waals surface area contributed by atoms with Crippen molar-refractivity contribution in [3.05, 3.63) is 46.8 Å². The van der Waals surface area contributed by atoms with Crippen LogP contribution < -0.4 is 21.3 Å². The number of carbonyl (C=O) groups excluding carboxylic acids is 4. The Bertz CT molecular complexity index is 1520. The minimum absolute atomic E-state index is 0.0852. The summed E-state index contributed by atoms with van der Waals surface area (Å²) < 4.78 is 11.5. The Morgan fingerprint density at radius 2 is 1.23 bits per heavy atom. The molecule has 4 amide bonds. The molecule has 13 heteroatoms. The molecule has 2 fully saturated rings. The second-order valence-electron chi connectivity index (χ2n) is 11.9. The first kappa shape index (κ1) is 34.7. The molecular formula is C34H46N6O6S. The number of nitrogens with zero attached hydrogens (tertiary/aromatic N) is 2. The predicted octanol–water partition coefficient (Wildman–Crippen LogP) is 1.97. The molecule has 2 aliphatic heterocycles. The van der Waals surface area contributed by atoms with Gasteiger partial charge in [-0.25, -0.2) is 0 Å². The smallest absolute Gasteiger partial charge is 0.252 e. The molecule has 254 valence electrons. The molecule has 0 atom stereocenters. The fourth-order valence-electron chi connectivity index (χ4n) is 5.84. The summed E-state index contributed by atoms with van der Waals surface area (Å²) in [5.74, 6) is -0.660. The first-order valence-electron chi connectivity index (χ1n) is 16.6. The van der Waals surface area contributed by atoms with Crippen LogP contribution in [0.1, 0.15) is 46.4 Å². The second kappa shape index (κ2) is 18.1. The van der Waals surface area contributed by atoms with E-state index in [2.05, 4.69) is 31.1 Å². The molecular weight excluding hydrogens is 620 g/mol. The van der Waals surface area contributed by atoms with Crippen molar-refractivity contribution in [1.29, 1.82) is 0 Å². The molecule has 12 nitrogen and oxygen atoms in total. The van der Waals surface area contributed by atoms with Crippen molar-refractivity contribution in [2.45, 2.75) is 25.7 Å². The van der Waals surface area contributed by atoms with Crippen LogP contribution in [0.2, 0.25) is 0 Å².